The van der Waals surface area contributed by atoms with Crippen LogP contribution in [-0.2, 0) is 6.42 Å². The molecule has 9 nitrogen and oxygen atoms in total. The average Bonchev–Trinajstić information content (AvgIpc) is 3.54. The summed E-state index contributed by atoms with van der Waals surface area (Å²) >= 11 is 0. The van der Waals surface area contributed by atoms with Crippen LogP contribution in [0.25, 0.3) is 5.52 Å². The molecule has 0 spiro atoms. The molecule has 4 aromatic rings. The number of alkyl halides is 4. The molecule has 0 saturated heterocycles. The van der Waals surface area contributed by atoms with Gasteiger partial charge in [0.05, 0.1) is 23.2 Å². The largest absolute Gasteiger partial charge is 0.417 e. The summed E-state index contributed by atoms with van der Waals surface area (Å²) in [4.78, 5) is 22.2. The molecule has 1 aliphatic carbocycles. The van der Waals surface area contributed by atoms with Gasteiger partial charge in [-0.3, -0.25) is 4.79 Å². The number of H-pyrrole nitrogens is 1. The molecule has 1 aliphatic heterocycles. The molecular weight excluding hydrogens is 458 g/mol. The third-order valence-electron chi connectivity index (χ3n) is 6.32. The van der Waals surface area contributed by atoms with Crippen molar-refractivity contribution < 1.29 is 26.8 Å². The van der Waals surface area contributed by atoms with Gasteiger partial charge < -0.3 is 14.3 Å². The molecule has 0 unspecified atom stereocenters. The van der Waals surface area contributed by atoms with Gasteiger partial charge in [0.1, 0.15) is 6.04 Å². The van der Waals surface area contributed by atoms with E-state index in [4.69, 9.17) is 4.42 Å². The van der Waals surface area contributed by atoms with E-state index in [1.807, 2.05) is 0 Å². The lowest BCUT2D eigenvalue weighted by Crippen LogP contribution is -2.41. The summed E-state index contributed by atoms with van der Waals surface area (Å²) in [5.41, 5.74) is 1.69. The molecular formula is C21H17F4N7O2. The molecule has 0 aromatic carbocycles. The Morgan fingerprint density at radius 2 is 2.09 bits per heavy atom. The van der Waals surface area contributed by atoms with Gasteiger partial charge in [-0.25, -0.2) is 27.1 Å². The van der Waals surface area contributed by atoms with Gasteiger partial charge in [0.25, 0.3) is 6.43 Å². The topological polar surface area (TPSA) is 105 Å². The number of carbonyl (C=O) groups excluding carboxylic acids is 1. The Kier molecular flexibility index (Phi) is 4.51. The molecule has 1 N–H and O–H groups in total. The maximum atomic E-state index is 13.5. The molecule has 4 aromatic heterocycles. The molecule has 0 radical (unpaired) electrons. The number of nitrogens with one attached hydrogen (secondary N) is 1. The summed E-state index contributed by atoms with van der Waals surface area (Å²) in [6, 6.07) is 3.50. The van der Waals surface area contributed by atoms with Gasteiger partial charge in [-0.15, -0.1) is 10.2 Å². The Morgan fingerprint density at radius 1 is 1.26 bits per heavy atom. The minimum absolute atomic E-state index is 0.00222. The highest BCUT2D eigenvalue weighted by Gasteiger charge is 2.49. The van der Waals surface area contributed by atoms with Crippen molar-refractivity contribution in [3.05, 3.63) is 65.1 Å². The Bertz CT molecular complexity index is 1390. The van der Waals surface area contributed by atoms with Crippen LogP contribution in [0.5, 0.6) is 0 Å². The van der Waals surface area contributed by atoms with Crippen LogP contribution in [0.15, 0.2) is 35.1 Å². The summed E-state index contributed by atoms with van der Waals surface area (Å²) in [6.45, 7) is 0.244. The van der Waals surface area contributed by atoms with Crippen LogP contribution < -0.4 is 0 Å². The molecule has 5 heterocycles. The van der Waals surface area contributed by atoms with Crippen LogP contribution in [0.2, 0.25) is 0 Å². The fraction of sp³-hybridized carbons (Fsp3) is 0.381. The summed E-state index contributed by atoms with van der Waals surface area (Å²) in [5.74, 6) is -4.30. The first-order chi connectivity index (χ1) is 16.3. The lowest BCUT2D eigenvalue weighted by Gasteiger charge is -2.33. The second-order valence-electron chi connectivity index (χ2n) is 8.49. The highest BCUT2D eigenvalue weighted by atomic mass is 19.3. The molecule has 1 amide bonds. The van der Waals surface area contributed by atoms with Crippen molar-refractivity contribution >= 4 is 11.4 Å². The maximum absolute atomic E-state index is 13.5. The maximum Gasteiger partial charge on any atom is 0.312 e. The summed E-state index contributed by atoms with van der Waals surface area (Å²) in [6.07, 6.45) is -0.00604. The Morgan fingerprint density at radius 3 is 2.85 bits per heavy atom. The smallest absolute Gasteiger partial charge is 0.312 e. The van der Waals surface area contributed by atoms with Crippen molar-refractivity contribution in [3.8, 4) is 0 Å². The summed E-state index contributed by atoms with van der Waals surface area (Å²) in [7, 11) is 0. The third-order valence-corrected chi connectivity index (χ3v) is 6.32. The molecule has 1 atom stereocenters. The van der Waals surface area contributed by atoms with Crippen LogP contribution >= 0.6 is 0 Å². The second-order valence-corrected chi connectivity index (χ2v) is 8.49. The predicted molar refractivity (Wildman–Crippen MR) is 107 cm³/mol. The number of amides is 1. The minimum atomic E-state index is -2.77. The predicted octanol–water partition coefficient (Wildman–Crippen LogP) is 3.68. The van der Waals surface area contributed by atoms with E-state index in [0.717, 1.165) is 5.69 Å². The zero-order valence-corrected chi connectivity index (χ0v) is 17.5. The first-order valence-electron chi connectivity index (χ1n) is 10.6. The number of carbonyl (C=O) groups is 1. The van der Waals surface area contributed by atoms with Gasteiger partial charge in [0.15, 0.2) is 0 Å². The number of fused-ring (bicyclic) bond motifs is 2. The molecule has 1 saturated carbocycles. The van der Waals surface area contributed by atoms with Crippen LogP contribution in [0, 0.1) is 0 Å². The number of aromatic amines is 1. The van der Waals surface area contributed by atoms with Crippen LogP contribution in [0.1, 0.15) is 70.4 Å². The monoisotopic (exact) mass is 475 g/mol. The van der Waals surface area contributed by atoms with Crippen LogP contribution in [0.3, 0.4) is 0 Å². The van der Waals surface area contributed by atoms with Gasteiger partial charge in [-0.05, 0) is 18.2 Å². The van der Waals surface area contributed by atoms with Crippen molar-refractivity contribution in [3.63, 3.8) is 0 Å². The van der Waals surface area contributed by atoms with E-state index >= 15 is 0 Å². The van der Waals surface area contributed by atoms with Gasteiger partial charge in [0, 0.05) is 49.2 Å². The van der Waals surface area contributed by atoms with E-state index in [9.17, 15) is 22.4 Å². The zero-order chi connectivity index (χ0) is 23.6. The number of halogens is 4. The molecule has 2 aliphatic rings. The number of hydrogen-bond donors (Lipinski definition) is 1. The van der Waals surface area contributed by atoms with Crippen LogP contribution in [0.4, 0.5) is 17.6 Å². The number of pyridine rings is 1. The van der Waals surface area contributed by atoms with Crippen LogP contribution in [-0.4, -0.2) is 53.1 Å². The quantitative estimate of drug-likeness (QED) is 0.452. The lowest BCUT2D eigenvalue weighted by atomic mass is 9.81. The van der Waals surface area contributed by atoms with Crippen molar-refractivity contribution in [2.24, 2.45) is 0 Å². The van der Waals surface area contributed by atoms with Gasteiger partial charge >= 0.3 is 11.8 Å². The standard InChI is InChI=1S/C21H17F4N7O2/c22-17(23)11-2-1-4-32-14(11)6-13(30-32)16-15-12(26-9-27-15)3-5-31(16)20(33)19-29-28-18(34-19)10-7-21(24,25)8-10/h1-2,4,6,9-10,16-17H,3,5,7-8H2,(H,26,27)/t16-/m0/s1. The highest BCUT2D eigenvalue weighted by Crippen LogP contribution is 2.47. The average molecular weight is 475 g/mol. The molecule has 34 heavy (non-hydrogen) atoms. The van der Waals surface area contributed by atoms with E-state index < -0.39 is 43.1 Å². The Hall–Kier alpha value is -3.77. The fourth-order valence-corrected chi connectivity index (χ4v) is 4.61. The molecule has 6 rings (SSSR count). The first-order valence-corrected chi connectivity index (χ1v) is 10.6. The van der Waals surface area contributed by atoms with Gasteiger partial charge in [-0.1, -0.05) is 0 Å². The molecule has 13 heteroatoms. The second kappa shape index (κ2) is 7.37. The molecule has 176 valence electrons. The number of nitrogens with zero attached hydrogens (tertiary/aromatic N) is 6. The van der Waals surface area contributed by atoms with Crippen molar-refractivity contribution in [1.82, 2.24) is 34.7 Å². The van der Waals surface area contributed by atoms with Crippen molar-refractivity contribution in [1.29, 1.82) is 0 Å². The van der Waals surface area contributed by atoms with Crippen molar-refractivity contribution in [2.45, 2.75) is 43.6 Å². The van der Waals surface area contributed by atoms with E-state index in [0.29, 0.717) is 17.8 Å². The summed E-state index contributed by atoms with van der Waals surface area (Å²) in [5, 5.41) is 12.0. The Labute approximate surface area is 188 Å². The van der Waals surface area contributed by atoms with E-state index in [1.165, 1.54) is 33.9 Å². The normalized spacial score (nSPS) is 20.0. The first kappa shape index (κ1) is 20.8. The van der Waals surface area contributed by atoms with E-state index in [2.05, 4.69) is 25.3 Å². The Balaban J connectivity index is 1.37. The van der Waals surface area contributed by atoms with E-state index in [-0.39, 0.29) is 29.4 Å². The highest BCUT2D eigenvalue weighted by molar-refractivity contribution is 5.90. The third kappa shape index (κ3) is 3.25. The minimum Gasteiger partial charge on any atom is -0.417 e. The van der Waals surface area contributed by atoms with E-state index in [1.54, 1.807) is 6.20 Å². The zero-order valence-electron chi connectivity index (χ0n) is 17.5. The number of hydrogen-bond acceptors (Lipinski definition) is 6. The fourth-order valence-electron chi connectivity index (χ4n) is 4.61. The lowest BCUT2D eigenvalue weighted by molar-refractivity contribution is -0.0919. The summed E-state index contributed by atoms with van der Waals surface area (Å²) < 4.78 is 60.3. The van der Waals surface area contributed by atoms with Crippen molar-refractivity contribution in [2.75, 3.05) is 6.54 Å². The van der Waals surface area contributed by atoms with Gasteiger partial charge in [-0.2, -0.15) is 5.10 Å². The van der Waals surface area contributed by atoms with Gasteiger partial charge in [0.2, 0.25) is 11.8 Å². The number of imidazole rings is 1. The molecule has 1 fully saturated rings. The number of rotatable bonds is 4. The SMILES string of the molecule is O=C(c1nnc(C2CC(F)(F)C2)o1)N1CCc2[nH]cnc2[C@@H]1c1cc2c(C(F)F)cccn2n1. The number of aromatic nitrogens is 6. The molecule has 0 bridgehead atoms.